The first-order chi connectivity index (χ1) is 6.63. The van der Waals surface area contributed by atoms with Crippen molar-refractivity contribution in [1.82, 2.24) is 14.5 Å². The lowest BCUT2D eigenvalue weighted by molar-refractivity contribution is 0.829. The van der Waals surface area contributed by atoms with E-state index < -0.39 is 0 Å². The van der Waals surface area contributed by atoms with Crippen LogP contribution in [-0.4, -0.2) is 14.5 Å². The molecule has 0 fully saturated rings. The van der Waals surface area contributed by atoms with Gasteiger partial charge in [-0.3, -0.25) is 0 Å². The quantitative estimate of drug-likeness (QED) is 0.705. The Labute approximate surface area is 91.7 Å². The zero-order chi connectivity index (χ0) is 10.3. The minimum absolute atomic E-state index is 0.364. The number of nitrogens with zero attached hydrogens (tertiary/aromatic N) is 3. The summed E-state index contributed by atoms with van der Waals surface area (Å²) < 4.78 is 1.98. The van der Waals surface area contributed by atoms with Crippen molar-refractivity contribution in [2.24, 2.45) is 7.05 Å². The number of imidazole rings is 1. The van der Waals surface area contributed by atoms with Crippen LogP contribution in [0.15, 0.2) is 6.07 Å². The van der Waals surface area contributed by atoms with Crippen molar-refractivity contribution in [2.75, 3.05) is 0 Å². The lowest BCUT2D eigenvalue weighted by Crippen LogP contribution is -1.94. The number of halogens is 2. The summed E-state index contributed by atoms with van der Waals surface area (Å²) >= 11 is 11.7. The van der Waals surface area contributed by atoms with Gasteiger partial charge in [-0.2, -0.15) is 0 Å². The van der Waals surface area contributed by atoms with Crippen LogP contribution in [0.1, 0.15) is 12.7 Å². The Bertz CT molecular complexity index is 490. The second kappa shape index (κ2) is 3.41. The first-order valence-electron chi connectivity index (χ1n) is 4.30. The van der Waals surface area contributed by atoms with Crippen molar-refractivity contribution in [2.45, 2.75) is 13.3 Å². The molecule has 0 aliphatic rings. The van der Waals surface area contributed by atoms with E-state index in [1.165, 1.54) is 0 Å². The maximum Gasteiger partial charge on any atom is 0.158 e. The molecule has 0 saturated heterocycles. The standard InChI is InChI=1S/C9H9Cl2N3/c1-3-7-13-8-5(14(7)2)4-6(10)12-9(8)11/h4H,3H2,1-2H3. The average molecular weight is 230 g/mol. The van der Waals surface area contributed by atoms with Crippen LogP contribution in [0.25, 0.3) is 11.0 Å². The van der Waals surface area contributed by atoms with Crippen molar-refractivity contribution in [3.05, 3.63) is 22.2 Å². The highest BCUT2D eigenvalue weighted by Crippen LogP contribution is 2.24. The number of rotatable bonds is 1. The molecule has 2 rings (SSSR count). The van der Waals surface area contributed by atoms with Gasteiger partial charge in [-0.1, -0.05) is 30.1 Å². The third-order valence-corrected chi connectivity index (χ3v) is 2.66. The number of aromatic nitrogens is 3. The van der Waals surface area contributed by atoms with E-state index in [1.807, 2.05) is 18.5 Å². The van der Waals surface area contributed by atoms with E-state index in [2.05, 4.69) is 9.97 Å². The Morgan fingerprint density at radius 3 is 2.71 bits per heavy atom. The number of pyridine rings is 1. The number of fused-ring (bicyclic) bond motifs is 1. The Morgan fingerprint density at radius 2 is 2.07 bits per heavy atom. The Balaban J connectivity index is 2.85. The molecule has 0 radical (unpaired) electrons. The van der Waals surface area contributed by atoms with Crippen LogP contribution in [0.4, 0.5) is 0 Å². The molecule has 0 spiro atoms. The molecule has 0 saturated carbocycles. The molecule has 0 unspecified atom stereocenters. The maximum atomic E-state index is 5.93. The molecule has 14 heavy (non-hydrogen) atoms. The largest absolute Gasteiger partial charge is 0.331 e. The molecular formula is C9H9Cl2N3. The smallest absolute Gasteiger partial charge is 0.158 e. The third kappa shape index (κ3) is 1.37. The van der Waals surface area contributed by atoms with Gasteiger partial charge >= 0.3 is 0 Å². The molecule has 0 aliphatic carbocycles. The second-order valence-electron chi connectivity index (χ2n) is 3.04. The first kappa shape index (κ1) is 9.74. The van der Waals surface area contributed by atoms with Crippen LogP contribution in [0.3, 0.4) is 0 Å². The van der Waals surface area contributed by atoms with Crippen molar-refractivity contribution in [3.63, 3.8) is 0 Å². The van der Waals surface area contributed by atoms with Gasteiger partial charge in [-0.15, -0.1) is 0 Å². The molecule has 0 amide bonds. The average Bonchev–Trinajstić information content (AvgIpc) is 2.44. The summed E-state index contributed by atoms with van der Waals surface area (Å²) in [5, 5.41) is 0.760. The minimum Gasteiger partial charge on any atom is -0.331 e. The predicted octanol–water partition coefficient (Wildman–Crippen LogP) is 2.84. The predicted molar refractivity (Wildman–Crippen MR) is 57.9 cm³/mol. The number of aryl methyl sites for hydroxylation is 2. The lowest BCUT2D eigenvalue weighted by atomic mass is 10.4. The maximum absolute atomic E-state index is 5.93. The van der Waals surface area contributed by atoms with Gasteiger partial charge in [0.25, 0.3) is 0 Å². The van der Waals surface area contributed by atoms with Gasteiger partial charge in [0.15, 0.2) is 5.15 Å². The van der Waals surface area contributed by atoms with Crippen LogP contribution in [-0.2, 0) is 13.5 Å². The summed E-state index contributed by atoms with van der Waals surface area (Å²) in [6.07, 6.45) is 0.860. The van der Waals surface area contributed by atoms with E-state index in [4.69, 9.17) is 23.2 Å². The molecule has 74 valence electrons. The van der Waals surface area contributed by atoms with Gasteiger partial charge in [0.2, 0.25) is 0 Å². The van der Waals surface area contributed by atoms with E-state index in [0.717, 1.165) is 23.3 Å². The molecular weight excluding hydrogens is 221 g/mol. The molecule has 0 aromatic carbocycles. The highest BCUT2D eigenvalue weighted by molar-refractivity contribution is 6.36. The van der Waals surface area contributed by atoms with Crippen LogP contribution in [0.2, 0.25) is 10.3 Å². The van der Waals surface area contributed by atoms with E-state index in [0.29, 0.717) is 10.3 Å². The molecule has 3 nitrogen and oxygen atoms in total. The lowest BCUT2D eigenvalue weighted by Gasteiger charge is -1.98. The molecule has 0 N–H and O–H groups in total. The second-order valence-corrected chi connectivity index (χ2v) is 3.79. The van der Waals surface area contributed by atoms with Crippen LogP contribution in [0, 0.1) is 0 Å². The van der Waals surface area contributed by atoms with Crippen molar-refractivity contribution in [3.8, 4) is 0 Å². The van der Waals surface area contributed by atoms with Gasteiger partial charge in [0.05, 0.1) is 5.52 Å². The van der Waals surface area contributed by atoms with Gasteiger partial charge in [0, 0.05) is 19.5 Å². The van der Waals surface area contributed by atoms with Crippen molar-refractivity contribution >= 4 is 34.2 Å². The first-order valence-corrected chi connectivity index (χ1v) is 5.06. The summed E-state index contributed by atoms with van der Waals surface area (Å²) in [4.78, 5) is 8.33. The summed E-state index contributed by atoms with van der Waals surface area (Å²) in [5.41, 5.74) is 1.64. The van der Waals surface area contributed by atoms with Gasteiger partial charge in [-0.25, -0.2) is 9.97 Å². The topological polar surface area (TPSA) is 30.7 Å². The number of hydrogen-bond donors (Lipinski definition) is 0. The summed E-state index contributed by atoms with van der Waals surface area (Å²) in [7, 11) is 1.95. The number of hydrogen-bond acceptors (Lipinski definition) is 2. The summed E-state index contributed by atoms with van der Waals surface area (Å²) in [6.45, 7) is 2.05. The fourth-order valence-corrected chi connectivity index (χ4v) is 1.95. The molecule has 5 heteroatoms. The third-order valence-electron chi connectivity index (χ3n) is 2.20. The van der Waals surface area contributed by atoms with E-state index in [1.54, 1.807) is 6.07 Å². The summed E-state index contributed by atoms with van der Waals surface area (Å²) in [6, 6.07) is 1.77. The van der Waals surface area contributed by atoms with E-state index in [-0.39, 0.29) is 0 Å². The van der Waals surface area contributed by atoms with Gasteiger partial charge in [0.1, 0.15) is 16.5 Å². The minimum atomic E-state index is 0.364. The van der Waals surface area contributed by atoms with Crippen LogP contribution >= 0.6 is 23.2 Å². The monoisotopic (exact) mass is 229 g/mol. The summed E-state index contributed by atoms with van der Waals surface area (Å²) in [5.74, 6) is 0.978. The van der Waals surface area contributed by atoms with E-state index >= 15 is 0 Å². The zero-order valence-electron chi connectivity index (χ0n) is 7.88. The molecule has 0 aliphatic heterocycles. The highest BCUT2D eigenvalue weighted by atomic mass is 35.5. The van der Waals surface area contributed by atoms with Crippen LogP contribution < -0.4 is 0 Å². The Hall–Kier alpha value is -0.800. The van der Waals surface area contributed by atoms with Crippen molar-refractivity contribution in [1.29, 1.82) is 0 Å². The van der Waals surface area contributed by atoms with Crippen LogP contribution in [0.5, 0.6) is 0 Å². The molecule has 0 bridgehead atoms. The normalized spacial score (nSPS) is 11.1. The molecule has 2 heterocycles. The fourth-order valence-electron chi connectivity index (χ4n) is 1.48. The molecule has 2 aromatic heterocycles. The molecule has 2 aromatic rings. The Kier molecular flexibility index (Phi) is 2.37. The van der Waals surface area contributed by atoms with Gasteiger partial charge < -0.3 is 4.57 Å². The fraction of sp³-hybridized carbons (Fsp3) is 0.333. The highest BCUT2D eigenvalue weighted by Gasteiger charge is 2.11. The molecule has 0 atom stereocenters. The van der Waals surface area contributed by atoms with Gasteiger partial charge in [-0.05, 0) is 0 Å². The SMILES string of the molecule is CCc1nc2c(Cl)nc(Cl)cc2n1C. The zero-order valence-corrected chi connectivity index (χ0v) is 9.39. The van der Waals surface area contributed by atoms with E-state index in [9.17, 15) is 0 Å². The van der Waals surface area contributed by atoms with Crippen molar-refractivity contribution < 1.29 is 0 Å². The Morgan fingerprint density at radius 1 is 1.36 bits per heavy atom.